The predicted octanol–water partition coefficient (Wildman–Crippen LogP) is 2.39. The van der Waals surface area contributed by atoms with E-state index in [2.05, 4.69) is 18.8 Å². The summed E-state index contributed by atoms with van der Waals surface area (Å²) in [6, 6.07) is 6.69. The molecule has 1 aromatic rings. The van der Waals surface area contributed by atoms with Gasteiger partial charge in [0.05, 0.1) is 11.3 Å². The molecule has 2 aliphatic heterocycles. The zero-order valence-corrected chi connectivity index (χ0v) is 17.9. The first-order valence-electron chi connectivity index (χ1n) is 10.8. The van der Waals surface area contributed by atoms with Gasteiger partial charge in [0.15, 0.2) is 6.61 Å². The molecular weight excluding hydrogens is 398 g/mol. The lowest BCUT2D eigenvalue weighted by molar-refractivity contribution is -0.159. The Morgan fingerprint density at radius 1 is 1.23 bits per heavy atom. The van der Waals surface area contributed by atoms with Gasteiger partial charge in [-0.15, -0.1) is 6.58 Å². The number of fused-ring (bicyclic) bond motifs is 3. The van der Waals surface area contributed by atoms with Crippen molar-refractivity contribution in [2.75, 3.05) is 24.6 Å². The van der Waals surface area contributed by atoms with E-state index in [1.165, 1.54) is 15.9 Å². The fourth-order valence-electron chi connectivity index (χ4n) is 4.21. The Morgan fingerprint density at radius 3 is 2.74 bits per heavy atom. The quantitative estimate of drug-likeness (QED) is 0.351. The minimum atomic E-state index is -1.61. The number of benzene rings is 1. The van der Waals surface area contributed by atoms with Gasteiger partial charge in [-0.2, -0.15) is 0 Å². The summed E-state index contributed by atoms with van der Waals surface area (Å²) in [6.07, 6.45) is 5.78. The van der Waals surface area contributed by atoms with Crippen molar-refractivity contribution in [3.05, 3.63) is 42.5 Å². The maximum atomic E-state index is 13.3. The highest BCUT2D eigenvalue weighted by atomic mass is 16.5. The van der Waals surface area contributed by atoms with Gasteiger partial charge in [-0.05, 0) is 18.6 Å². The minimum Gasteiger partial charge on any atom is -0.452 e. The zero-order valence-electron chi connectivity index (χ0n) is 17.9. The van der Waals surface area contributed by atoms with E-state index in [0.29, 0.717) is 17.8 Å². The van der Waals surface area contributed by atoms with Crippen molar-refractivity contribution in [2.24, 2.45) is 0 Å². The van der Waals surface area contributed by atoms with Gasteiger partial charge in [-0.1, -0.05) is 44.4 Å². The average molecular weight is 428 g/mol. The van der Waals surface area contributed by atoms with E-state index in [-0.39, 0.29) is 31.2 Å². The van der Waals surface area contributed by atoms with E-state index in [1.807, 2.05) is 0 Å². The summed E-state index contributed by atoms with van der Waals surface area (Å²) in [7, 11) is 0. The van der Waals surface area contributed by atoms with E-state index >= 15 is 0 Å². The van der Waals surface area contributed by atoms with Crippen LogP contribution in [0, 0.1) is 0 Å². The molecule has 31 heavy (non-hydrogen) atoms. The van der Waals surface area contributed by atoms with Crippen molar-refractivity contribution in [2.45, 2.75) is 51.1 Å². The van der Waals surface area contributed by atoms with Crippen molar-refractivity contribution in [3.63, 3.8) is 0 Å². The van der Waals surface area contributed by atoms with Crippen molar-refractivity contribution < 1.29 is 23.9 Å². The molecule has 3 rings (SSSR count). The molecule has 2 heterocycles. The number of esters is 1. The number of nitrogens with zero attached hydrogens (tertiary/aromatic N) is 2. The zero-order chi connectivity index (χ0) is 22.4. The third-order valence-corrected chi connectivity index (χ3v) is 5.70. The van der Waals surface area contributed by atoms with Crippen molar-refractivity contribution >= 4 is 29.4 Å². The van der Waals surface area contributed by atoms with Crippen molar-refractivity contribution in [3.8, 4) is 0 Å². The van der Waals surface area contributed by atoms with Crippen LogP contribution in [0.1, 0.15) is 55.8 Å². The summed E-state index contributed by atoms with van der Waals surface area (Å²) in [5.41, 5.74) is -0.890. The molecule has 1 atom stereocenters. The van der Waals surface area contributed by atoms with E-state index in [4.69, 9.17) is 4.74 Å². The molecule has 2 aliphatic rings. The first kappa shape index (κ1) is 22.5. The maximum Gasteiger partial charge on any atom is 0.354 e. The summed E-state index contributed by atoms with van der Waals surface area (Å²) in [5, 5.41) is 2.73. The lowest BCUT2D eigenvalue weighted by Gasteiger charge is -2.47. The maximum absolute atomic E-state index is 13.3. The Balaban J connectivity index is 1.79. The van der Waals surface area contributed by atoms with Gasteiger partial charge in [-0.25, -0.2) is 4.79 Å². The Morgan fingerprint density at radius 2 is 2.00 bits per heavy atom. The Bertz CT molecular complexity index is 884. The van der Waals surface area contributed by atoms with Crippen LogP contribution in [0.2, 0.25) is 0 Å². The second kappa shape index (κ2) is 9.76. The molecule has 0 spiro atoms. The summed E-state index contributed by atoms with van der Waals surface area (Å²) < 4.78 is 5.34. The van der Waals surface area contributed by atoms with Gasteiger partial charge < -0.3 is 15.0 Å². The lowest BCUT2D eigenvalue weighted by atomic mass is 9.96. The van der Waals surface area contributed by atoms with E-state index < -0.39 is 24.1 Å². The molecule has 0 bridgehead atoms. The third kappa shape index (κ3) is 4.19. The first-order chi connectivity index (χ1) is 15.0. The number of unbranched alkanes of at least 4 members (excludes halogenated alkanes) is 3. The Labute approximate surface area is 182 Å². The number of para-hydroxylation sites is 1. The molecular formula is C23H29N3O5. The molecule has 0 unspecified atom stereocenters. The smallest absolute Gasteiger partial charge is 0.354 e. The van der Waals surface area contributed by atoms with Gasteiger partial charge in [0.1, 0.15) is 0 Å². The Kier molecular flexibility index (Phi) is 7.09. The van der Waals surface area contributed by atoms with Crippen LogP contribution >= 0.6 is 0 Å². The predicted molar refractivity (Wildman–Crippen MR) is 115 cm³/mol. The lowest BCUT2D eigenvalue weighted by Crippen LogP contribution is -2.68. The van der Waals surface area contributed by atoms with Crippen LogP contribution in [0.25, 0.3) is 0 Å². The number of anilines is 1. The van der Waals surface area contributed by atoms with Gasteiger partial charge in [0.2, 0.25) is 11.6 Å². The largest absolute Gasteiger partial charge is 0.452 e. The van der Waals surface area contributed by atoms with Gasteiger partial charge in [0.25, 0.3) is 11.8 Å². The van der Waals surface area contributed by atoms with E-state index in [0.717, 1.165) is 25.7 Å². The molecule has 3 amide bonds. The topological polar surface area (TPSA) is 96.0 Å². The van der Waals surface area contributed by atoms with Crippen molar-refractivity contribution in [1.82, 2.24) is 10.2 Å². The van der Waals surface area contributed by atoms with E-state index in [9.17, 15) is 19.2 Å². The summed E-state index contributed by atoms with van der Waals surface area (Å²) in [5.74, 6) is -1.84. The number of ether oxygens (including phenoxy) is 1. The van der Waals surface area contributed by atoms with Crippen LogP contribution in [0.3, 0.4) is 0 Å². The molecule has 1 aromatic carbocycles. The third-order valence-electron chi connectivity index (χ3n) is 5.70. The number of carbonyl (C=O) groups is 4. The normalized spacial score (nSPS) is 19.6. The highest BCUT2D eigenvalue weighted by Gasteiger charge is 2.61. The molecule has 166 valence electrons. The van der Waals surface area contributed by atoms with Crippen LogP contribution in [0.15, 0.2) is 36.9 Å². The van der Waals surface area contributed by atoms with Crippen LogP contribution in [0.4, 0.5) is 5.69 Å². The molecule has 0 aromatic heterocycles. The van der Waals surface area contributed by atoms with E-state index in [1.54, 1.807) is 24.3 Å². The summed E-state index contributed by atoms with van der Waals surface area (Å²) >= 11 is 0. The summed E-state index contributed by atoms with van der Waals surface area (Å²) in [4.78, 5) is 54.0. The number of nitrogens with one attached hydrogen (secondary N) is 1. The number of hydrogen-bond acceptors (Lipinski definition) is 5. The number of amides is 3. The standard InChI is InChI=1S/C23H29N3O5/c1-3-5-6-9-14-24-19(27)16-31-22(30)23-13-12-20(28)26(23)18-11-8-7-10-17(18)21(29)25(23)15-4-2/h4,7-8,10-11H,2-3,5-6,9,12-16H2,1H3,(H,24,27)/t23-/m0/s1. The molecule has 1 saturated heterocycles. The molecule has 8 heteroatoms. The minimum absolute atomic E-state index is 0.0652. The van der Waals surface area contributed by atoms with Crippen LogP contribution < -0.4 is 10.2 Å². The number of hydrogen-bond donors (Lipinski definition) is 1. The highest BCUT2D eigenvalue weighted by Crippen LogP contribution is 2.44. The summed E-state index contributed by atoms with van der Waals surface area (Å²) in [6.45, 7) is 5.91. The molecule has 1 N–H and O–H groups in total. The average Bonchev–Trinajstić information content (AvgIpc) is 3.13. The first-order valence-corrected chi connectivity index (χ1v) is 10.8. The SMILES string of the molecule is C=CCN1C(=O)c2ccccc2N2C(=O)CC[C@]12C(=O)OCC(=O)NCCCCCC. The monoisotopic (exact) mass is 427 g/mol. The van der Waals surface area contributed by atoms with Gasteiger partial charge in [-0.3, -0.25) is 19.3 Å². The molecule has 0 radical (unpaired) electrons. The molecule has 1 fully saturated rings. The molecule has 0 saturated carbocycles. The number of rotatable bonds is 10. The fourth-order valence-corrected chi connectivity index (χ4v) is 4.21. The van der Waals surface area contributed by atoms with Crippen LogP contribution in [0.5, 0.6) is 0 Å². The fraction of sp³-hybridized carbons (Fsp3) is 0.478. The molecule has 8 nitrogen and oxygen atoms in total. The van der Waals surface area contributed by atoms with Gasteiger partial charge >= 0.3 is 5.97 Å². The van der Waals surface area contributed by atoms with Crippen LogP contribution in [-0.4, -0.2) is 54.0 Å². The Hall–Kier alpha value is -3.16. The molecule has 0 aliphatic carbocycles. The second-order valence-corrected chi connectivity index (χ2v) is 7.75. The van der Waals surface area contributed by atoms with Crippen LogP contribution in [-0.2, 0) is 19.1 Å². The highest BCUT2D eigenvalue weighted by molar-refractivity contribution is 6.15. The van der Waals surface area contributed by atoms with Gasteiger partial charge in [0, 0.05) is 25.9 Å². The number of carbonyl (C=O) groups excluding carboxylic acids is 4. The second-order valence-electron chi connectivity index (χ2n) is 7.75. The van der Waals surface area contributed by atoms with Crippen molar-refractivity contribution in [1.29, 1.82) is 0 Å².